The maximum absolute atomic E-state index is 12.7. The molecule has 11 nitrogen and oxygen atoms in total. The molecule has 0 bridgehead atoms. The fourth-order valence-electron chi connectivity index (χ4n) is 3.03. The van der Waals surface area contributed by atoms with Crippen LogP contribution in [0.2, 0.25) is 0 Å². The number of aldehydes is 1. The summed E-state index contributed by atoms with van der Waals surface area (Å²) in [5, 5.41) is 19.5. The SMILES string of the molecule is C=C(N)NCCCC(C=O)NC(=O)C(CC(C)C)NC(=O)CCC(=O)NC(CC)CC(=O)O. The maximum Gasteiger partial charge on any atom is 0.305 e. The molecule has 3 amide bonds. The summed E-state index contributed by atoms with van der Waals surface area (Å²) < 4.78 is 0. The lowest BCUT2D eigenvalue weighted by molar-refractivity contribution is -0.138. The van der Waals surface area contributed by atoms with E-state index in [1.807, 2.05) is 13.8 Å². The van der Waals surface area contributed by atoms with Crippen molar-refractivity contribution in [2.24, 2.45) is 11.7 Å². The van der Waals surface area contributed by atoms with Gasteiger partial charge in [0.05, 0.1) is 18.3 Å². The molecular weight excluding hydrogens is 430 g/mol. The zero-order valence-electron chi connectivity index (χ0n) is 19.8. The van der Waals surface area contributed by atoms with Crippen molar-refractivity contribution < 1.29 is 29.1 Å². The van der Waals surface area contributed by atoms with Gasteiger partial charge in [-0.15, -0.1) is 0 Å². The first-order valence-electron chi connectivity index (χ1n) is 11.2. The largest absolute Gasteiger partial charge is 0.481 e. The Morgan fingerprint density at radius 2 is 1.67 bits per heavy atom. The summed E-state index contributed by atoms with van der Waals surface area (Å²) in [6.07, 6.45) is 1.96. The number of carboxylic acid groups (broad SMARTS) is 1. The van der Waals surface area contributed by atoms with Gasteiger partial charge in [-0.2, -0.15) is 0 Å². The highest BCUT2D eigenvalue weighted by atomic mass is 16.4. The molecule has 0 saturated heterocycles. The molecule has 3 unspecified atom stereocenters. The third kappa shape index (κ3) is 15.4. The molecule has 7 N–H and O–H groups in total. The standard InChI is InChI=1S/C22H39N5O6/c1-5-16(12-21(31)32)25-19(29)8-9-20(30)27-18(11-14(2)3)22(33)26-17(13-28)7-6-10-24-15(4)23/h13-14,16-18,24H,4-12,23H2,1-3H3,(H,25,29)(H,26,33)(H,27,30)(H,31,32). The van der Waals surface area contributed by atoms with Gasteiger partial charge in [0.15, 0.2) is 0 Å². The van der Waals surface area contributed by atoms with Gasteiger partial charge in [0.1, 0.15) is 12.3 Å². The molecule has 0 radical (unpaired) electrons. The van der Waals surface area contributed by atoms with Crippen LogP contribution in [0.15, 0.2) is 12.4 Å². The second kappa shape index (κ2) is 16.5. The summed E-state index contributed by atoms with van der Waals surface area (Å²) in [6, 6.07) is -2.06. The van der Waals surface area contributed by atoms with Gasteiger partial charge in [-0.1, -0.05) is 27.4 Å². The molecule has 188 valence electrons. The van der Waals surface area contributed by atoms with Gasteiger partial charge in [0.25, 0.3) is 0 Å². The molecule has 0 spiro atoms. The van der Waals surface area contributed by atoms with Crippen LogP contribution in [0.25, 0.3) is 0 Å². The van der Waals surface area contributed by atoms with Crippen molar-refractivity contribution in [1.29, 1.82) is 0 Å². The monoisotopic (exact) mass is 469 g/mol. The van der Waals surface area contributed by atoms with Crippen LogP contribution < -0.4 is 27.0 Å². The molecular formula is C22H39N5O6. The minimum absolute atomic E-state index is 0.0973. The number of hydrogen-bond acceptors (Lipinski definition) is 7. The molecule has 0 fully saturated rings. The van der Waals surface area contributed by atoms with Crippen molar-refractivity contribution in [2.45, 2.75) is 83.8 Å². The van der Waals surface area contributed by atoms with Crippen molar-refractivity contribution in [3.63, 3.8) is 0 Å². The number of carbonyl (C=O) groups excluding carboxylic acids is 4. The molecule has 0 aliphatic carbocycles. The highest BCUT2D eigenvalue weighted by Crippen LogP contribution is 2.07. The smallest absolute Gasteiger partial charge is 0.305 e. The molecule has 3 atom stereocenters. The number of nitrogens with two attached hydrogens (primary N) is 1. The summed E-state index contributed by atoms with van der Waals surface area (Å²) >= 11 is 0. The van der Waals surface area contributed by atoms with Crippen LogP contribution in [0.4, 0.5) is 0 Å². The normalized spacial score (nSPS) is 13.3. The molecule has 0 aromatic heterocycles. The van der Waals surface area contributed by atoms with E-state index in [1.54, 1.807) is 6.92 Å². The van der Waals surface area contributed by atoms with Gasteiger partial charge in [0.2, 0.25) is 17.7 Å². The van der Waals surface area contributed by atoms with Crippen molar-refractivity contribution in [3.8, 4) is 0 Å². The van der Waals surface area contributed by atoms with Crippen molar-refractivity contribution >= 4 is 30.0 Å². The van der Waals surface area contributed by atoms with E-state index in [-0.39, 0.29) is 25.2 Å². The molecule has 0 heterocycles. The van der Waals surface area contributed by atoms with Crippen molar-refractivity contribution in [2.75, 3.05) is 6.54 Å². The van der Waals surface area contributed by atoms with Crippen molar-refractivity contribution in [3.05, 3.63) is 12.4 Å². The minimum Gasteiger partial charge on any atom is -0.481 e. The third-order valence-corrected chi connectivity index (χ3v) is 4.75. The highest BCUT2D eigenvalue weighted by Gasteiger charge is 2.24. The van der Waals surface area contributed by atoms with Gasteiger partial charge in [-0.05, 0) is 31.6 Å². The summed E-state index contributed by atoms with van der Waals surface area (Å²) in [5.41, 5.74) is 5.41. The van der Waals surface area contributed by atoms with Gasteiger partial charge in [0, 0.05) is 25.4 Å². The average Bonchev–Trinajstić information content (AvgIpc) is 2.72. The average molecular weight is 470 g/mol. The summed E-state index contributed by atoms with van der Waals surface area (Å²) in [7, 11) is 0. The molecule has 0 aromatic carbocycles. The number of nitrogens with one attached hydrogen (secondary N) is 4. The maximum atomic E-state index is 12.7. The lowest BCUT2D eigenvalue weighted by Gasteiger charge is -2.22. The number of aliphatic carboxylic acids is 1. The topological polar surface area (TPSA) is 180 Å². The number of rotatable bonds is 18. The number of hydrogen-bond donors (Lipinski definition) is 6. The zero-order valence-corrected chi connectivity index (χ0v) is 19.8. The fraction of sp³-hybridized carbons (Fsp3) is 0.682. The van der Waals surface area contributed by atoms with Crippen LogP contribution in [0.5, 0.6) is 0 Å². The lowest BCUT2D eigenvalue weighted by atomic mass is 10.0. The van der Waals surface area contributed by atoms with E-state index in [4.69, 9.17) is 10.8 Å². The Balaban J connectivity index is 4.73. The second-order valence-corrected chi connectivity index (χ2v) is 8.37. The number of carbonyl (C=O) groups is 5. The van der Waals surface area contributed by atoms with Gasteiger partial charge in [-0.3, -0.25) is 19.2 Å². The predicted octanol–water partition coefficient (Wildman–Crippen LogP) is 0.150. The minimum atomic E-state index is -1.02. The Bertz CT molecular complexity index is 682. The Hall–Kier alpha value is -3.11. The Morgan fingerprint density at radius 1 is 1.06 bits per heavy atom. The highest BCUT2D eigenvalue weighted by molar-refractivity contribution is 5.90. The van der Waals surface area contributed by atoms with E-state index >= 15 is 0 Å². The first-order chi connectivity index (χ1) is 15.5. The quantitative estimate of drug-likeness (QED) is 0.121. The van der Waals surface area contributed by atoms with Crippen LogP contribution in [-0.2, 0) is 24.0 Å². The lowest BCUT2D eigenvalue weighted by Crippen LogP contribution is -2.50. The van der Waals surface area contributed by atoms with Gasteiger partial charge >= 0.3 is 5.97 Å². The van der Waals surface area contributed by atoms with Crippen LogP contribution in [0.1, 0.15) is 65.7 Å². The molecule has 0 aromatic rings. The van der Waals surface area contributed by atoms with E-state index in [9.17, 15) is 24.0 Å². The van der Waals surface area contributed by atoms with Crippen LogP contribution >= 0.6 is 0 Å². The van der Waals surface area contributed by atoms with E-state index in [2.05, 4.69) is 27.8 Å². The predicted molar refractivity (Wildman–Crippen MR) is 124 cm³/mol. The molecule has 11 heteroatoms. The van der Waals surface area contributed by atoms with Gasteiger partial charge < -0.3 is 36.9 Å². The second-order valence-electron chi connectivity index (χ2n) is 8.37. The van der Waals surface area contributed by atoms with Crippen molar-refractivity contribution in [1.82, 2.24) is 21.3 Å². The molecule has 0 aliphatic heterocycles. The van der Waals surface area contributed by atoms with E-state index in [1.165, 1.54) is 0 Å². The Kier molecular flexibility index (Phi) is 15.0. The van der Waals surface area contributed by atoms with E-state index < -0.39 is 41.8 Å². The fourth-order valence-corrected chi connectivity index (χ4v) is 3.03. The first kappa shape index (κ1) is 29.9. The van der Waals surface area contributed by atoms with Gasteiger partial charge in [-0.25, -0.2) is 0 Å². The molecule has 0 rings (SSSR count). The number of carboxylic acids is 1. The van der Waals surface area contributed by atoms with Crippen LogP contribution in [-0.4, -0.2) is 59.8 Å². The Labute approximate surface area is 195 Å². The summed E-state index contributed by atoms with van der Waals surface area (Å²) in [5.74, 6) is -1.98. The molecule has 33 heavy (non-hydrogen) atoms. The zero-order chi connectivity index (χ0) is 25.4. The third-order valence-electron chi connectivity index (χ3n) is 4.75. The van der Waals surface area contributed by atoms with E-state index in [0.29, 0.717) is 44.3 Å². The Morgan fingerprint density at radius 3 is 2.15 bits per heavy atom. The molecule has 0 aliphatic rings. The molecule has 0 saturated carbocycles. The summed E-state index contributed by atoms with van der Waals surface area (Å²) in [6.45, 7) is 9.58. The van der Waals surface area contributed by atoms with E-state index in [0.717, 1.165) is 0 Å². The van der Waals surface area contributed by atoms with Crippen LogP contribution in [0.3, 0.4) is 0 Å². The summed E-state index contributed by atoms with van der Waals surface area (Å²) in [4.78, 5) is 59.2. The number of amides is 3. The van der Waals surface area contributed by atoms with Crippen LogP contribution in [0, 0.1) is 5.92 Å². The first-order valence-corrected chi connectivity index (χ1v) is 11.2.